The molecule has 7 heteroatoms. The number of nitrogens with two attached hydrogens (primary N) is 1. The maximum Gasteiger partial charge on any atom is 0.248 e. The fourth-order valence-electron chi connectivity index (χ4n) is 3.54. The number of aryl methyl sites for hydroxylation is 1. The first-order chi connectivity index (χ1) is 11.0. The van der Waals surface area contributed by atoms with Gasteiger partial charge in [-0.15, -0.1) is 0 Å². The molecule has 0 saturated carbocycles. The summed E-state index contributed by atoms with van der Waals surface area (Å²) in [6.07, 6.45) is 0. The van der Waals surface area contributed by atoms with Crippen LogP contribution in [0.2, 0.25) is 0 Å². The number of ether oxygens (including phenoxy) is 1. The van der Waals surface area contributed by atoms with Crippen molar-refractivity contribution in [3.05, 3.63) is 52.5 Å². The largest absolute Gasteiger partial charge is 0.440 e. The fourth-order valence-corrected chi connectivity index (χ4v) is 3.54. The van der Waals surface area contributed by atoms with Crippen molar-refractivity contribution >= 4 is 11.7 Å². The van der Waals surface area contributed by atoms with Crippen molar-refractivity contribution in [1.29, 1.82) is 5.26 Å². The zero-order valence-corrected chi connectivity index (χ0v) is 12.5. The van der Waals surface area contributed by atoms with Crippen molar-refractivity contribution in [3.63, 3.8) is 0 Å². The average Bonchev–Trinajstić information content (AvgIpc) is 3.02. The van der Waals surface area contributed by atoms with Gasteiger partial charge >= 0.3 is 0 Å². The second-order valence-corrected chi connectivity index (χ2v) is 5.61. The number of fused-ring (bicyclic) bond motifs is 4. The molecule has 2 aromatic rings. The van der Waals surface area contributed by atoms with Crippen molar-refractivity contribution in [1.82, 2.24) is 10.2 Å². The normalized spacial score (nSPS) is 22.0. The molecule has 0 bridgehead atoms. The van der Waals surface area contributed by atoms with E-state index in [1.807, 2.05) is 6.92 Å². The number of hydrogen-bond acceptors (Lipinski definition) is 5. The molecule has 23 heavy (non-hydrogen) atoms. The minimum Gasteiger partial charge on any atom is -0.440 e. The molecule has 3 N–H and O–H groups in total. The van der Waals surface area contributed by atoms with E-state index in [4.69, 9.17) is 10.5 Å². The third-order valence-electron chi connectivity index (χ3n) is 4.49. The highest BCUT2D eigenvalue weighted by Crippen LogP contribution is 2.54. The number of carbonyl (C=O) groups is 1. The molecule has 2 aliphatic rings. The van der Waals surface area contributed by atoms with E-state index in [0.29, 0.717) is 22.7 Å². The lowest BCUT2D eigenvalue weighted by Gasteiger charge is -2.34. The maximum atomic E-state index is 13.2. The van der Waals surface area contributed by atoms with Crippen LogP contribution in [0.3, 0.4) is 0 Å². The molecule has 0 fully saturated rings. The number of aromatic nitrogens is 2. The van der Waals surface area contributed by atoms with E-state index in [-0.39, 0.29) is 17.4 Å². The molecule has 2 aliphatic heterocycles. The van der Waals surface area contributed by atoms with Gasteiger partial charge in [-0.25, -0.2) is 0 Å². The van der Waals surface area contributed by atoms with Gasteiger partial charge < -0.3 is 10.5 Å². The summed E-state index contributed by atoms with van der Waals surface area (Å²) in [5.41, 5.74) is 6.73. The van der Waals surface area contributed by atoms with Gasteiger partial charge in [0.1, 0.15) is 22.8 Å². The second kappa shape index (κ2) is 4.14. The summed E-state index contributed by atoms with van der Waals surface area (Å²) in [5, 5.41) is 16.8. The van der Waals surface area contributed by atoms with Gasteiger partial charge in [-0.2, -0.15) is 10.4 Å². The van der Waals surface area contributed by atoms with Gasteiger partial charge in [0.25, 0.3) is 0 Å². The number of carbonyl (C=O) groups excluding carboxylic acids is 1. The molecule has 7 nitrogen and oxygen atoms in total. The first kappa shape index (κ1) is 13.4. The second-order valence-electron chi connectivity index (χ2n) is 5.61. The Morgan fingerprint density at radius 3 is 2.91 bits per heavy atom. The van der Waals surface area contributed by atoms with E-state index >= 15 is 0 Å². The molecule has 3 heterocycles. The van der Waals surface area contributed by atoms with E-state index in [1.165, 1.54) is 4.90 Å². The van der Waals surface area contributed by atoms with Crippen LogP contribution in [0.25, 0.3) is 0 Å². The van der Waals surface area contributed by atoms with Crippen LogP contribution < -0.4 is 15.4 Å². The number of nitrogens with one attached hydrogen (secondary N) is 1. The van der Waals surface area contributed by atoms with Gasteiger partial charge in [-0.1, -0.05) is 18.2 Å². The zero-order chi connectivity index (χ0) is 16.4. The quantitative estimate of drug-likeness (QED) is 0.756. The summed E-state index contributed by atoms with van der Waals surface area (Å²) in [6, 6.07) is 9.20. The molecule has 0 aliphatic carbocycles. The molecule has 114 valence electrons. The summed E-state index contributed by atoms with van der Waals surface area (Å²) in [7, 11) is 1.64. The van der Waals surface area contributed by atoms with Crippen molar-refractivity contribution in [3.8, 4) is 11.8 Å². The fraction of sp³-hybridized carbons (Fsp3) is 0.188. The molecular formula is C16H13N5O2. The van der Waals surface area contributed by atoms with Gasteiger partial charge in [-0.3, -0.25) is 14.8 Å². The van der Waals surface area contributed by atoms with Gasteiger partial charge in [0, 0.05) is 23.9 Å². The maximum absolute atomic E-state index is 13.2. The lowest BCUT2D eigenvalue weighted by Crippen LogP contribution is -2.45. The number of para-hydroxylation sites is 1. The molecule has 0 radical (unpaired) electrons. The van der Waals surface area contributed by atoms with E-state index < -0.39 is 5.41 Å². The Balaban J connectivity index is 2.20. The van der Waals surface area contributed by atoms with Gasteiger partial charge in [-0.05, 0) is 13.0 Å². The number of anilines is 1. The third-order valence-corrected chi connectivity index (χ3v) is 4.49. The topological polar surface area (TPSA) is 108 Å². The van der Waals surface area contributed by atoms with E-state index in [9.17, 15) is 10.1 Å². The van der Waals surface area contributed by atoms with E-state index in [2.05, 4.69) is 16.3 Å². The summed E-state index contributed by atoms with van der Waals surface area (Å²) in [5.74, 6) is 0.660. The molecular weight excluding hydrogens is 294 g/mol. The molecule has 1 unspecified atom stereocenters. The first-order valence-electron chi connectivity index (χ1n) is 7.04. The third kappa shape index (κ3) is 1.33. The van der Waals surface area contributed by atoms with Crippen LogP contribution in [0.15, 0.2) is 35.7 Å². The highest BCUT2D eigenvalue weighted by molar-refractivity contribution is 6.13. The Labute approximate surface area is 132 Å². The minimum absolute atomic E-state index is 0.0543. The SMILES string of the molecule is Cc1[nH]nc2c1C1(C(=O)N2C)C(C#N)=C(N)Oc2ccccc21. The smallest absolute Gasteiger partial charge is 0.248 e. The van der Waals surface area contributed by atoms with Crippen LogP contribution in [0.4, 0.5) is 5.82 Å². The lowest BCUT2D eigenvalue weighted by molar-refractivity contribution is -0.120. The predicted octanol–water partition coefficient (Wildman–Crippen LogP) is 1.07. The monoisotopic (exact) mass is 307 g/mol. The number of rotatable bonds is 0. The summed E-state index contributed by atoms with van der Waals surface area (Å²) < 4.78 is 5.57. The molecule has 1 atom stereocenters. The number of nitriles is 1. The number of nitrogens with zero attached hydrogens (tertiary/aromatic N) is 3. The molecule has 1 aromatic heterocycles. The molecule has 4 rings (SSSR count). The first-order valence-corrected chi connectivity index (χ1v) is 7.04. The number of H-pyrrole nitrogens is 1. The van der Waals surface area contributed by atoms with Gasteiger partial charge in [0.05, 0.1) is 0 Å². The molecule has 1 amide bonds. The van der Waals surface area contributed by atoms with Crippen LogP contribution in [-0.2, 0) is 10.2 Å². The van der Waals surface area contributed by atoms with Crippen molar-refractivity contribution < 1.29 is 9.53 Å². The van der Waals surface area contributed by atoms with Crippen molar-refractivity contribution in [2.75, 3.05) is 11.9 Å². The lowest BCUT2D eigenvalue weighted by atomic mass is 9.69. The van der Waals surface area contributed by atoms with Crippen molar-refractivity contribution in [2.24, 2.45) is 5.73 Å². The summed E-state index contributed by atoms with van der Waals surface area (Å²) >= 11 is 0. The highest BCUT2D eigenvalue weighted by atomic mass is 16.5. The predicted molar refractivity (Wildman–Crippen MR) is 81.4 cm³/mol. The summed E-state index contributed by atoms with van der Waals surface area (Å²) in [4.78, 5) is 14.7. The Bertz CT molecular complexity index is 936. The van der Waals surface area contributed by atoms with Crippen LogP contribution in [0, 0.1) is 18.3 Å². The Kier molecular flexibility index (Phi) is 2.41. The van der Waals surface area contributed by atoms with Crippen LogP contribution in [-0.4, -0.2) is 23.2 Å². The highest BCUT2D eigenvalue weighted by Gasteiger charge is 2.60. The van der Waals surface area contributed by atoms with Crippen LogP contribution >= 0.6 is 0 Å². The number of likely N-dealkylation sites (N-methyl/N-ethyl adjacent to an activating group) is 1. The molecule has 1 spiro atoms. The Hall–Kier alpha value is -3.27. The Morgan fingerprint density at radius 1 is 1.43 bits per heavy atom. The summed E-state index contributed by atoms with van der Waals surface area (Å²) in [6.45, 7) is 1.82. The average molecular weight is 307 g/mol. The Morgan fingerprint density at radius 2 is 2.17 bits per heavy atom. The number of aromatic amines is 1. The number of benzene rings is 1. The van der Waals surface area contributed by atoms with E-state index in [1.54, 1.807) is 31.3 Å². The van der Waals surface area contributed by atoms with Crippen LogP contribution in [0.5, 0.6) is 5.75 Å². The number of hydrogen-bond donors (Lipinski definition) is 2. The van der Waals surface area contributed by atoms with E-state index in [0.717, 1.165) is 5.69 Å². The van der Waals surface area contributed by atoms with Gasteiger partial charge in [0.15, 0.2) is 5.82 Å². The van der Waals surface area contributed by atoms with Crippen LogP contribution in [0.1, 0.15) is 16.8 Å². The standard InChI is InChI=1S/C16H13N5O2/c1-8-12-14(20-19-8)21(2)15(22)16(12)9-5-3-4-6-11(9)23-13(18)10(16)7-17/h3-6H,18H2,1-2H3,(H,19,20). The van der Waals surface area contributed by atoms with Crippen molar-refractivity contribution in [2.45, 2.75) is 12.3 Å². The minimum atomic E-state index is -1.31. The number of amides is 1. The van der Waals surface area contributed by atoms with Gasteiger partial charge in [0.2, 0.25) is 11.8 Å². The molecule has 0 saturated heterocycles. The zero-order valence-electron chi connectivity index (χ0n) is 12.5. The molecule has 1 aromatic carbocycles.